The summed E-state index contributed by atoms with van der Waals surface area (Å²) in [4.78, 5) is 4.18. The van der Waals surface area contributed by atoms with Gasteiger partial charge in [0.05, 0.1) is 11.9 Å². The van der Waals surface area contributed by atoms with E-state index in [0.29, 0.717) is 17.4 Å². The van der Waals surface area contributed by atoms with Gasteiger partial charge in [-0.2, -0.15) is 0 Å². The minimum atomic E-state index is 0.306. The first kappa shape index (κ1) is 10.5. The predicted molar refractivity (Wildman–Crippen MR) is 64.1 cm³/mol. The molecule has 0 saturated heterocycles. The Balaban J connectivity index is 2.43. The average molecular weight is 204 g/mol. The topological polar surface area (TPSA) is 24.9 Å². The van der Waals surface area contributed by atoms with Gasteiger partial charge in [-0.25, -0.2) is 0 Å². The lowest BCUT2D eigenvalue weighted by Crippen LogP contribution is -2.29. The van der Waals surface area contributed by atoms with Gasteiger partial charge in [-0.15, -0.1) is 0 Å². The SMILES string of the molecule is CCC1Nc2cnccc2C1C(C)(C)C. The highest BCUT2D eigenvalue weighted by Crippen LogP contribution is 2.46. The summed E-state index contributed by atoms with van der Waals surface area (Å²) in [5.41, 5.74) is 2.97. The van der Waals surface area contributed by atoms with Gasteiger partial charge in [-0.05, 0) is 23.5 Å². The van der Waals surface area contributed by atoms with E-state index in [1.807, 2.05) is 12.4 Å². The van der Waals surface area contributed by atoms with Crippen LogP contribution in [-0.4, -0.2) is 11.0 Å². The normalized spacial score (nSPS) is 24.8. The van der Waals surface area contributed by atoms with E-state index in [9.17, 15) is 0 Å². The third-order valence-corrected chi connectivity index (χ3v) is 3.31. The third-order valence-electron chi connectivity index (χ3n) is 3.31. The number of anilines is 1. The van der Waals surface area contributed by atoms with Crippen LogP contribution in [0.2, 0.25) is 0 Å². The fourth-order valence-electron chi connectivity index (χ4n) is 2.70. The van der Waals surface area contributed by atoms with Gasteiger partial charge in [0.25, 0.3) is 0 Å². The van der Waals surface area contributed by atoms with Gasteiger partial charge in [-0.3, -0.25) is 4.98 Å². The summed E-state index contributed by atoms with van der Waals surface area (Å²) in [6.07, 6.45) is 5.01. The van der Waals surface area contributed by atoms with Crippen molar-refractivity contribution in [3.05, 3.63) is 24.0 Å². The van der Waals surface area contributed by atoms with E-state index in [-0.39, 0.29) is 0 Å². The van der Waals surface area contributed by atoms with Crippen LogP contribution in [0.3, 0.4) is 0 Å². The molecule has 0 aromatic carbocycles. The van der Waals surface area contributed by atoms with Gasteiger partial charge >= 0.3 is 0 Å². The zero-order valence-corrected chi connectivity index (χ0v) is 10.0. The average Bonchev–Trinajstić information content (AvgIpc) is 2.54. The number of hydrogen-bond acceptors (Lipinski definition) is 2. The number of hydrogen-bond donors (Lipinski definition) is 1. The Labute approximate surface area is 92.1 Å². The van der Waals surface area contributed by atoms with Crippen molar-refractivity contribution < 1.29 is 0 Å². The number of fused-ring (bicyclic) bond motifs is 1. The molecular formula is C13H20N2. The van der Waals surface area contributed by atoms with Crippen LogP contribution in [0.15, 0.2) is 18.5 Å². The maximum atomic E-state index is 4.18. The summed E-state index contributed by atoms with van der Waals surface area (Å²) >= 11 is 0. The van der Waals surface area contributed by atoms with E-state index in [4.69, 9.17) is 0 Å². The quantitative estimate of drug-likeness (QED) is 0.758. The molecule has 1 N–H and O–H groups in total. The molecule has 82 valence electrons. The van der Waals surface area contributed by atoms with Crippen LogP contribution in [0.25, 0.3) is 0 Å². The van der Waals surface area contributed by atoms with E-state index in [1.54, 1.807) is 0 Å². The molecule has 15 heavy (non-hydrogen) atoms. The highest BCUT2D eigenvalue weighted by atomic mass is 15.0. The second-order valence-electron chi connectivity index (χ2n) is 5.47. The highest BCUT2D eigenvalue weighted by molar-refractivity contribution is 5.58. The number of nitrogens with one attached hydrogen (secondary N) is 1. The second kappa shape index (κ2) is 3.51. The number of pyridine rings is 1. The molecule has 2 atom stereocenters. The van der Waals surface area contributed by atoms with Crippen LogP contribution in [0, 0.1) is 5.41 Å². The zero-order chi connectivity index (χ0) is 11.1. The third kappa shape index (κ3) is 1.73. The molecule has 0 aliphatic carbocycles. The van der Waals surface area contributed by atoms with Gasteiger partial charge in [0.15, 0.2) is 0 Å². The molecule has 2 heterocycles. The Hall–Kier alpha value is -1.05. The molecule has 2 heteroatoms. The second-order valence-corrected chi connectivity index (χ2v) is 5.47. The lowest BCUT2D eigenvalue weighted by molar-refractivity contribution is 0.296. The van der Waals surface area contributed by atoms with E-state index in [2.05, 4.69) is 44.1 Å². The summed E-state index contributed by atoms with van der Waals surface area (Å²) in [5, 5.41) is 3.58. The van der Waals surface area contributed by atoms with Crippen LogP contribution < -0.4 is 5.32 Å². The first-order valence-electron chi connectivity index (χ1n) is 5.74. The van der Waals surface area contributed by atoms with Crippen LogP contribution in [-0.2, 0) is 0 Å². The van der Waals surface area contributed by atoms with E-state index < -0.39 is 0 Å². The molecule has 0 radical (unpaired) electrons. The zero-order valence-electron chi connectivity index (χ0n) is 10.0. The van der Waals surface area contributed by atoms with Crippen LogP contribution in [0.4, 0.5) is 5.69 Å². The van der Waals surface area contributed by atoms with Gasteiger partial charge in [0.1, 0.15) is 0 Å². The van der Waals surface area contributed by atoms with Crippen molar-refractivity contribution in [2.24, 2.45) is 5.41 Å². The first-order valence-corrected chi connectivity index (χ1v) is 5.74. The molecule has 2 nitrogen and oxygen atoms in total. The fourth-order valence-corrected chi connectivity index (χ4v) is 2.70. The summed E-state index contributed by atoms with van der Waals surface area (Å²) in [6, 6.07) is 2.72. The van der Waals surface area contributed by atoms with Crippen LogP contribution >= 0.6 is 0 Å². The molecule has 0 bridgehead atoms. The summed E-state index contributed by atoms with van der Waals surface area (Å²) in [5.74, 6) is 0.598. The van der Waals surface area contributed by atoms with E-state index in [0.717, 1.165) is 6.42 Å². The fraction of sp³-hybridized carbons (Fsp3) is 0.615. The molecular weight excluding hydrogens is 184 g/mol. The Morgan fingerprint density at radius 3 is 2.73 bits per heavy atom. The highest BCUT2D eigenvalue weighted by Gasteiger charge is 2.38. The van der Waals surface area contributed by atoms with Gasteiger partial charge in [-0.1, -0.05) is 27.7 Å². The van der Waals surface area contributed by atoms with E-state index >= 15 is 0 Å². The Morgan fingerprint density at radius 2 is 2.13 bits per heavy atom. The van der Waals surface area contributed by atoms with Crippen molar-refractivity contribution in [3.8, 4) is 0 Å². The van der Waals surface area contributed by atoms with Gasteiger partial charge in [0.2, 0.25) is 0 Å². The smallest absolute Gasteiger partial charge is 0.0565 e. The largest absolute Gasteiger partial charge is 0.380 e. The number of rotatable bonds is 1. The molecule has 2 rings (SSSR count). The summed E-state index contributed by atoms with van der Waals surface area (Å²) in [7, 11) is 0. The molecule has 0 saturated carbocycles. The predicted octanol–water partition coefficient (Wildman–Crippen LogP) is 3.42. The van der Waals surface area contributed by atoms with Crippen molar-refractivity contribution in [2.45, 2.75) is 46.1 Å². The van der Waals surface area contributed by atoms with Crippen molar-refractivity contribution in [1.82, 2.24) is 4.98 Å². The minimum absolute atomic E-state index is 0.306. The van der Waals surface area contributed by atoms with Crippen LogP contribution in [0.1, 0.15) is 45.6 Å². The molecule has 1 aliphatic rings. The van der Waals surface area contributed by atoms with Crippen molar-refractivity contribution in [2.75, 3.05) is 5.32 Å². The first-order chi connectivity index (χ1) is 7.04. The molecule has 2 unspecified atom stereocenters. The Bertz CT molecular complexity index is 352. The van der Waals surface area contributed by atoms with E-state index in [1.165, 1.54) is 11.3 Å². The minimum Gasteiger partial charge on any atom is -0.380 e. The maximum Gasteiger partial charge on any atom is 0.0565 e. The van der Waals surface area contributed by atoms with Crippen molar-refractivity contribution in [3.63, 3.8) is 0 Å². The molecule has 1 aromatic rings. The number of aromatic nitrogens is 1. The molecule has 0 spiro atoms. The lowest BCUT2D eigenvalue weighted by atomic mass is 9.73. The van der Waals surface area contributed by atoms with Crippen molar-refractivity contribution >= 4 is 5.69 Å². The Kier molecular flexibility index (Phi) is 2.45. The number of nitrogens with zero attached hydrogens (tertiary/aromatic N) is 1. The van der Waals surface area contributed by atoms with Crippen LogP contribution in [0.5, 0.6) is 0 Å². The summed E-state index contributed by atoms with van der Waals surface area (Å²) < 4.78 is 0. The molecule has 0 amide bonds. The Morgan fingerprint density at radius 1 is 1.40 bits per heavy atom. The van der Waals surface area contributed by atoms with Crippen molar-refractivity contribution in [1.29, 1.82) is 0 Å². The van der Waals surface area contributed by atoms with Gasteiger partial charge < -0.3 is 5.32 Å². The summed E-state index contributed by atoms with van der Waals surface area (Å²) in [6.45, 7) is 9.20. The molecule has 1 aromatic heterocycles. The maximum absolute atomic E-state index is 4.18. The standard InChI is InChI=1S/C13H20N2/c1-5-10-12(13(2,3)4)9-6-7-14-8-11(9)15-10/h6-8,10,12,15H,5H2,1-4H3. The monoisotopic (exact) mass is 204 g/mol. The molecule has 0 fully saturated rings. The lowest BCUT2D eigenvalue weighted by Gasteiger charge is -2.32. The van der Waals surface area contributed by atoms with Gasteiger partial charge in [0, 0.05) is 18.2 Å². The molecule has 1 aliphatic heterocycles.